The van der Waals surface area contributed by atoms with Crippen molar-refractivity contribution >= 4 is 0 Å². The van der Waals surface area contributed by atoms with Gasteiger partial charge in [-0.05, 0) is 38.1 Å². The van der Waals surface area contributed by atoms with Crippen LogP contribution in [0.2, 0.25) is 0 Å². The summed E-state index contributed by atoms with van der Waals surface area (Å²) < 4.78 is 30.9. The number of ether oxygens (including phenoxy) is 1. The monoisotopic (exact) mass is 257 g/mol. The van der Waals surface area contributed by atoms with Gasteiger partial charge in [0, 0.05) is 6.07 Å². The molecule has 1 rings (SSSR count). The molecule has 0 aliphatic heterocycles. The van der Waals surface area contributed by atoms with Crippen molar-refractivity contribution in [2.45, 2.75) is 32.6 Å². The van der Waals surface area contributed by atoms with Gasteiger partial charge >= 0.3 is 0 Å². The average molecular weight is 257 g/mol. The van der Waals surface area contributed by atoms with E-state index in [2.05, 4.69) is 12.2 Å². The predicted molar refractivity (Wildman–Crippen MR) is 68.9 cm³/mol. The van der Waals surface area contributed by atoms with Gasteiger partial charge in [0.25, 0.3) is 0 Å². The van der Waals surface area contributed by atoms with E-state index in [4.69, 9.17) is 4.74 Å². The molecule has 1 aromatic carbocycles. The Hall–Kier alpha value is -1.16. The second-order valence-corrected chi connectivity index (χ2v) is 4.19. The summed E-state index contributed by atoms with van der Waals surface area (Å²) in [6.45, 7) is 4.71. The van der Waals surface area contributed by atoms with E-state index in [1.165, 1.54) is 12.5 Å². The molecule has 0 aliphatic rings. The Morgan fingerprint density at radius 1 is 1.06 bits per heavy atom. The van der Waals surface area contributed by atoms with Crippen molar-refractivity contribution in [2.24, 2.45) is 0 Å². The molecule has 0 fully saturated rings. The lowest BCUT2D eigenvalue weighted by Crippen LogP contribution is -2.13. The molecular formula is C14H21F2NO. The molecule has 0 heterocycles. The third-order valence-electron chi connectivity index (χ3n) is 2.66. The van der Waals surface area contributed by atoms with E-state index in [1.54, 1.807) is 0 Å². The fourth-order valence-corrected chi connectivity index (χ4v) is 1.64. The number of rotatable bonds is 9. The average Bonchev–Trinajstić information content (AvgIpc) is 2.37. The van der Waals surface area contributed by atoms with E-state index in [1.807, 2.05) is 0 Å². The standard InChI is InChI=1S/C14H21F2NO/c1-2-17-9-5-3-4-6-10-18-12-7-8-13(15)14(16)11-12/h7-8,11,17H,2-6,9-10H2,1H3. The Kier molecular flexibility index (Phi) is 7.34. The van der Waals surface area contributed by atoms with Crippen molar-refractivity contribution in [3.63, 3.8) is 0 Å². The first kappa shape index (κ1) is 14.9. The summed E-state index contributed by atoms with van der Waals surface area (Å²) in [6, 6.07) is 3.62. The highest BCUT2D eigenvalue weighted by atomic mass is 19.2. The molecule has 0 bridgehead atoms. The quantitative estimate of drug-likeness (QED) is 0.683. The van der Waals surface area contributed by atoms with Gasteiger partial charge in [-0.1, -0.05) is 19.8 Å². The molecule has 2 nitrogen and oxygen atoms in total. The molecule has 0 saturated carbocycles. The predicted octanol–water partition coefficient (Wildman–Crippen LogP) is 3.51. The third kappa shape index (κ3) is 5.96. The molecule has 0 aromatic heterocycles. The van der Waals surface area contributed by atoms with Crippen LogP contribution in [-0.2, 0) is 0 Å². The van der Waals surface area contributed by atoms with Crippen LogP contribution in [0.1, 0.15) is 32.6 Å². The molecule has 0 atom stereocenters. The fraction of sp³-hybridized carbons (Fsp3) is 0.571. The van der Waals surface area contributed by atoms with Crippen molar-refractivity contribution in [1.82, 2.24) is 5.32 Å². The van der Waals surface area contributed by atoms with Crippen molar-refractivity contribution in [1.29, 1.82) is 0 Å². The molecule has 0 spiro atoms. The molecule has 0 unspecified atom stereocenters. The summed E-state index contributed by atoms with van der Waals surface area (Å²) >= 11 is 0. The third-order valence-corrected chi connectivity index (χ3v) is 2.66. The molecule has 4 heteroatoms. The SMILES string of the molecule is CCNCCCCCCOc1ccc(F)c(F)c1. The van der Waals surface area contributed by atoms with Crippen LogP contribution < -0.4 is 10.1 Å². The molecule has 0 aliphatic carbocycles. The zero-order valence-corrected chi connectivity index (χ0v) is 10.8. The Bertz CT molecular complexity index is 345. The highest BCUT2D eigenvalue weighted by Gasteiger charge is 2.02. The van der Waals surface area contributed by atoms with Gasteiger partial charge in [0.05, 0.1) is 6.61 Å². The van der Waals surface area contributed by atoms with Gasteiger partial charge < -0.3 is 10.1 Å². The first-order valence-corrected chi connectivity index (χ1v) is 6.52. The molecule has 1 aromatic rings. The lowest BCUT2D eigenvalue weighted by molar-refractivity contribution is 0.302. The van der Waals surface area contributed by atoms with E-state index < -0.39 is 11.6 Å². The zero-order chi connectivity index (χ0) is 13.2. The van der Waals surface area contributed by atoms with E-state index >= 15 is 0 Å². The van der Waals surface area contributed by atoms with Gasteiger partial charge in [-0.2, -0.15) is 0 Å². The smallest absolute Gasteiger partial charge is 0.162 e. The van der Waals surface area contributed by atoms with Crippen molar-refractivity contribution in [3.8, 4) is 5.75 Å². The van der Waals surface area contributed by atoms with Gasteiger partial charge in [-0.25, -0.2) is 8.78 Å². The second-order valence-electron chi connectivity index (χ2n) is 4.19. The van der Waals surface area contributed by atoms with Crippen molar-refractivity contribution in [2.75, 3.05) is 19.7 Å². The van der Waals surface area contributed by atoms with Gasteiger partial charge in [-0.3, -0.25) is 0 Å². The minimum Gasteiger partial charge on any atom is -0.493 e. The summed E-state index contributed by atoms with van der Waals surface area (Å²) in [5.41, 5.74) is 0. The Morgan fingerprint density at radius 3 is 2.56 bits per heavy atom. The lowest BCUT2D eigenvalue weighted by atomic mass is 10.2. The van der Waals surface area contributed by atoms with E-state index in [9.17, 15) is 8.78 Å². The van der Waals surface area contributed by atoms with Gasteiger partial charge in [-0.15, -0.1) is 0 Å². The molecule has 1 N–H and O–H groups in total. The van der Waals surface area contributed by atoms with Crippen LogP contribution in [0.4, 0.5) is 8.78 Å². The molecule has 0 saturated heterocycles. The van der Waals surface area contributed by atoms with Crippen LogP contribution in [0.25, 0.3) is 0 Å². The summed E-state index contributed by atoms with van der Waals surface area (Å²) in [4.78, 5) is 0. The number of hydrogen-bond donors (Lipinski definition) is 1. The highest BCUT2D eigenvalue weighted by Crippen LogP contribution is 2.15. The Morgan fingerprint density at radius 2 is 1.83 bits per heavy atom. The number of benzene rings is 1. The number of hydrogen-bond acceptors (Lipinski definition) is 2. The van der Waals surface area contributed by atoms with Crippen LogP contribution in [0.15, 0.2) is 18.2 Å². The van der Waals surface area contributed by atoms with Crippen molar-refractivity contribution in [3.05, 3.63) is 29.8 Å². The summed E-state index contributed by atoms with van der Waals surface area (Å²) in [7, 11) is 0. The Labute approximate surface area is 107 Å². The molecule has 0 amide bonds. The first-order chi connectivity index (χ1) is 8.74. The minimum absolute atomic E-state index is 0.390. The van der Waals surface area contributed by atoms with Crippen LogP contribution in [0.5, 0.6) is 5.75 Å². The zero-order valence-electron chi connectivity index (χ0n) is 10.8. The van der Waals surface area contributed by atoms with Gasteiger partial charge in [0.2, 0.25) is 0 Å². The first-order valence-electron chi connectivity index (χ1n) is 6.52. The maximum absolute atomic E-state index is 12.9. The fourth-order valence-electron chi connectivity index (χ4n) is 1.64. The normalized spacial score (nSPS) is 10.6. The van der Waals surface area contributed by atoms with Gasteiger partial charge in [0.1, 0.15) is 5.75 Å². The summed E-state index contributed by atoms with van der Waals surface area (Å²) in [6.07, 6.45) is 4.35. The summed E-state index contributed by atoms with van der Waals surface area (Å²) in [5.74, 6) is -1.31. The molecule has 102 valence electrons. The Balaban J connectivity index is 2.05. The number of halogens is 2. The topological polar surface area (TPSA) is 21.3 Å². The number of unbranched alkanes of at least 4 members (excludes halogenated alkanes) is 3. The lowest BCUT2D eigenvalue weighted by Gasteiger charge is -2.06. The van der Waals surface area contributed by atoms with Crippen LogP contribution in [0, 0.1) is 11.6 Å². The van der Waals surface area contributed by atoms with Crippen LogP contribution in [-0.4, -0.2) is 19.7 Å². The van der Waals surface area contributed by atoms with Crippen LogP contribution >= 0.6 is 0 Å². The summed E-state index contributed by atoms with van der Waals surface area (Å²) in [5, 5.41) is 3.27. The van der Waals surface area contributed by atoms with Crippen LogP contribution in [0.3, 0.4) is 0 Å². The highest BCUT2D eigenvalue weighted by molar-refractivity contribution is 5.23. The van der Waals surface area contributed by atoms with E-state index in [0.717, 1.165) is 44.5 Å². The van der Waals surface area contributed by atoms with E-state index in [-0.39, 0.29) is 0 Å². The maximum Gasteiger partial charge on any atom is 0.162 e. The largest absolute Gasteiger partial charge is 0.493 e. The molecule has 0 radical (unpaired) electrons. The minimum atomic E-state index is -0.863. The molecular weight excluding hydrogens is 236 g/mol. The maximum atomic E-state index is 12.9. The molecule has 18 heavy (non-hydrogen) atoms. The van der Waals surface area contributed by atoms with Crippen molar-refractivity contribution < 1.29 is 13.5 Å². The number of nitrogens with one attached hydrogen (secondary N) is 1. The second kappa shape index (κ2) is 8.86. The van der Waals surface area contributed by atoms with E-state index in [0.29, 0.717) is 12.4 Å². The van der Waals surface area contributed by atoms with Gasteiger partial charge in [0.15, 0.2) is 11.6 Å².